The zero-order chi connectivity index (χ0) is 17.8. The van der Waals surface area contributed by atoms with E-state index in [0.717, 1.165) is 24.3 Å². The molecule has 4 heterocycles. The highest BCUT2D eigenvalue weighted by molar-refractivity contribution is 5.63. The van der Waals surface area contributed by atoms with Crippen LogP contribution in [0.3, 0.4) is 0 Å². The van der Waals surface area contributed by atoms with Crippen LogP contribution in [0.1, 0.15) is 5.82 Å². The number of nitrogens with one attached hydrogen (secondary N) is 2. The topological polar surface area (TPSA) is 125 Å². The van der Waals surface area contributed by atoms with Gasteiger partial charge >= 0.3 is 0 Å². The Hall–Kier alpha value is -3.11. The Bertz CT molecular complexity index is 861. The monoisotopic (exact) mass is 354 g/mol. The van der Waals surface area contributed by atoms with E-state index in [2.05, 4.69) is 40.3 Å². The van der Waals surface area contributed by atoms with Crippen LogP contribution in [0, 0.1) is 0 Å². The van der Waals surface area contributed by atoms with Crippen molar-refractivity contribution in [2.75, 3.05) is 36.5 Å². The fraction of sp³-hybridized carbons (Fsp3) is 0.312. The van der Waals surface area contributed by atoms with E-state index in [1.165, 1.54) is 0 Å². The van der Waals surface area contributed by atoms with Crippen molar-refractivity contribution in [3.8, 4) is 11.3 Å². The van der Waals surface area contributed by atoms with Crippen molar-refractivity contribution >= 4 is 17.6 Å². The first-order valence-corrected chi connectivity index (χ1v) is 8.22. The summed E-state index contributed by atoms with van der Waals surface area (Å²) in [6.07, 6.45) is 4.99. The van der Waals surface area contributed by atoms with E-state index in [-0.39, 0.29) is 6.61 Å². The minimum atomic E-state index is -0.185. The molecule has 0 bridgehead atoms. The molecule has 3 aromatic heterocycles. The molecule has 3 aromatic rings. The van der Waals surface area contributed by atoms with Crippen molar-refractivity contribution in [3.63, 3.8) is 0 Å². The Kier molecular flexibility index (Phi) is 4.67. The first kappa shape index (κ1) is 16.4. The average molecular weight is 354 g/mol. The fourth-order valence-corrected chi connectivity index (χ4v) is 2.57. The van der Waals surface area contributed by atoms with Crippen molar-refractivity contribution in [1.82, 2.24) is 30.1 Å². The lowest BCUT2D eigenvalue weighted by atomic mass is 10.2. The molecule has 1 aliphatic rings. The molecule has 0 atom stereocenters. The van der Waals surface area contributed by atoms with Gasteiger partial charge in [-0.15, -0.1) is 0 Å². The molecule has 0 radical (unpaired) electrons. The molecule has 0 aromatic carbocycles. The summed E-state index contributed by atoms with van der Waals surface area (Å²) < 4.78 is 5.36. The molecule has 1 fully saturated rings. The molecule has 134 valence electrons. The maximum atomic E-state index is 9.01. The average Bonchev–Trinajstić information content (AvgIpc) is 3.17. The van der Waals surface area contributed by atoms with Gasteiger partial charge in [0, 0.05) is 43.3 Å². The first-order valence-electron chi connectivity index (χ1n) is 8.22. The Balaban J connectivity index is 1.48. The van der Waals surface area contributed by atoms with Crippen molar-refractivity contribution in [1.29, 1.82) is 0 Å². The van der Waals surface area contributed by atoms with Gasteiger partial charge in [0.1, 0.15) is 12.4 Å². The van der Waals surface area contributed by atoms with Crippen molar-refractivity contribution in [2.45, 2.75) is 6.61 Å². The molecule has 0 spiro atoms. The van der Waals surface area contributed by atoms with Crippen molar-refractivity contribution < 1.29 is 9.84 Å². The maximum absolute atomic E-state index is 9.01. The molecule has 1 aliphatic heterocycles. The highest BCUT2D eigenvalue weighted by Gasteiger charge is 2.14. The number of morpholine rings is 1. The molecule has 0 amide bonds. The second-order valence-electron chi connectivity index (χ2n) is 5.68. The number of H-pyrrole nitrogens is 1. The molecular weight excluding hydrogens is 336 g/mol. The summed E-state index contributed by atoms with van der Waals surface area (Å²) in [4.78, 5) is 19.1. The Morgan fingerprint density at radius 2 is 1.96 bits per heavy atom. The Morgan fingerprint density at radius 1 is 1.15 bits per heavy atom. The number of anilines is 3. The van der Waals surface area contributed by atoms with E-state index < -0.39 is 0 Å². The molecule has 3 N–H and O–H groups in total. The largest absolute Gasteiger partial charge is 0.388 e. The summed E-state index contributed by atoms with van der Waals surface area (Å²) in [5.41, 5.74) is 1.54. The molecule has 0 unspecified atom stereocenters. The van der Waals surface area contributed by atoms with Gasteiger partial charge in [0.25, 0.3) is 0 Å². The van der Waals surface area contributed by atoms with Crippen LogP contribution >= 0.6 is 0 Å². The number of aromatic nitrogens is 6. The summed E-state index contributed by atoms with van der Waals surface area (Å²) >= 11 is 0. The number of rotatable bonds is 5. The van der Waals surface area contributed by atoms with Crippen LogP contribution in [-0.2, 0) is 11.3 Å². The van der Waals surface area contributed by atoms with Crippen molar-refractivity contribution in [2.24, 2.45) is 0 Å². The number of aliphatic hydroxyl groups excluding tert-OH is 1. The number of nitrogens with zero attached hydrogens (tertiary/aromatic N) is 6. The van der Waals surface area contributed by atoms with E-state index in [4.69, 9.17) is 9.84 Å². The third-order valence-corrected chi connectivity index (χ3v) is 3.93. The van der Waals surface area contributed by atoms with Gasteiger partial charge in [0.05, 0.1) is 18.9 Å². The van der Waals surface area contributed by atoms with E-state index in [0.29, 0.717) is 36.6 Å². The molecule has 0 aliphatic carbocycles. The van der Waals surface area contributed by atoms with E-state index in [9.17, 15) is 0 Å². The van der Waals surface area contributed by atoms with E-state index in [1.54, 1.807) is 24.7 Å². The summed E-state index contributed by atoms with van der Waals surface area (Å²) in [5, 5.41) is 19.3. The summed E-state index contributed by atoms with van der Waals surface area (Å²) in [5.74, 6) is 2.33. The zero-order valence-electron chi connectivity index (χ0n) is 14.0. The van der Waals surface area contributed by atoms with Gasteiger partial charge < -0.3 is 20.1 Å². The quantitative estimate of drug-likeness (QED) is 0.608. The lowest BCUT2D eigenvalue weighted by Crippen LogP contribution is -2.37. The van der Waals surface area contributed by atoms with Gasteiger partial charge in [-0.2, -0.15) is 10.1 Å². The highest BCUT2D eigenvalue weighted by atomic mass is 16.5. The second-order valence-corrected chi connectivity index (χ2v) is 5.68. The summed E-state index contributed by atoms with van der Waals surface area (Å²) in [7, 11) is 0. The smallest absolute Gasteiger partial charge is 0.227 e. The third-order valence-electron chi connectivity index (χ3n) is 3.93. The van der Waals surface area contributed by atoms with Gasteiger partial charge in [0.2, 0.25) is 5.95 Å². The predicted octanol–water partition coefficient (Wildman–Crippen LogP) is 0.729. The van der Waals surface area contributed by atoms with Crippen LogP contribution in [0.4, 0.5) is 17.6 Å². The van der Waals surface area contributed by atoms with Gasteiger partial charge in [-0.05, 0) is 6.07 Å². The normalized spacial score (nSPS) is 14.4. The SMILES string of the molecule is OCc1ncc(-c2cc(Nc3ccnc(N4CCOCC4)n3)n[nH]2)cn1. The molecule has 1 saturated heterocycles. The van der Waals surface area contributed by atoms with Crippen molar-refractivity contribution in [3.05, 3.63) is 36.5 Å². The van der Waals surface area contributed by atoms with Gasteiger partial charge in [-0.3, -0.25) is 5.10 Å². The Morgan fingerprint density at radius 3 is 2.73 bits per heavy atom. The summed E-state index contributed by atoms with van der Waals surface area (Å²) in [6.45, 7) is 2.73. The molecule has 4 rings (SSSR count). The van der Waals surface area contributed by atoms with E-state index >= 15 is 0 Å². The molecule has 10 heteroatoms. The van der Waals surface area contributed by atoms with Crippen LogP contribution in [-0.4, -0.2) is 61.5 Å². The number of aliphatic hydroxyl groups is 1. The molecule has 10 nitrogen and oxygen atoms in total. The van der Waals surface area contributed by atoms with Gasteiger partial charge in [-0.25, -0.2) is 15.0 Å². The van der Waals surface area contributed by atoms with Crippen LogP contribution in [0.5, 0.6) is 0 Å². The molecule has 26 heavy (non-hydrogen) atoms. The van der Waals surface area contributed by atoms with Crippen LogP contribution in [0.25, 0.3) is 11.3 Å². The fourth-order valence-electron chi connectivity index (χ4n) is 2.57. The molecular formula is C16H18N8O2. The standard InChI is InChI=1S/C16H18N8O2/c25-10-15-18-8-11(9-19-15)12-7-14(23-22-12)20-13-1-2-17-16(21-13)24-3-5-26-6-4-24/h1-2,7-9,25H,3-6,10H2,(H2,17,20,21,22,23). The number of ether oxygens (including phenoxy) is 1. The predicted molar refractivity (Wildman–Crippen MR) is 93.9 cm³/mol. The van der Waals surface area contributed by atoms with E-state index in [1.807, 2.05) is 6.07 Å². The lowest BCUT2D eigenvalue weighted by Gasteiger charge is -2.26. The third kappa shape index (κ3) is 3.60. The number of hydrogen-bond donors (Lipinski definition) is 3. The zero-order valence-corrected chi connectivity index (χ0v) is 14.0. The van der Waals surface area contributed by atoms with Gasteiger partial charge in [0.15, 0.2) is 11.6 Å². The second kappa shape index (κ2) is 7.42. The van der Waals surface area contributed by atoms with Crippen LogP contribution in [0.15, 0.2) is 30.7 Å². The van der Waals surface area contributed by atoms with Gasteiger partial charge in [-0.1, -0.05) is 0 Å². The summed E-state index contributed by atoms with van der Waals surface area (Å²) in [6, 6.07) is 3.63. The maximum Gasteiger partial charge on any atom is 0.227 e. The minimum absolute atomic E-state index is 0.185. The highest BCUT2D eigenvalue weighted by Crippen LogP contribution is 2.21. The van der Waals surface area contributed by atoms with Crippen LogP contribution < -0.4 is 10.2 Å². The van der Waals surface area contributed by atoms with Crippen LogP contribution in [0.2, 0.25) is 0 Å². The first-order chi connectivity index (χ1) is 12.8. The number of hydrogen-bond acceptors (Lipinski definition) is 9. The number of aromatic amines is 1. The minimum Gasteiger partial charge on any atom is -0.388 e. The lowest BCUT2D eigenvalue weighted by molar-refractivity contribution is 0.122. The Labute approximate surface area is 149 Å². The molecule has 0 saturated carbocycles.